The Morgan fingerprint density at radius 2 is 1.32 bits per heavy atom. The van der Waals surface area contributed by atoms with Crippen molar-refractivity contribution in [3.63, 3.8) is 0 Å². The second-order valence-corrected chi connectivity index (χ2v) is 5.36. The SMILES string of the molecule is O=C1C2c3ccccc3C(c3ccccc32)C1CO. The molecular formula is C17H14O2. The van der Waals surface area contributed by atoms with Crippen molar-refractivity contribution >= 4 is 5.78 Å². The first kappa shape index (κ1) is 10.9. The first-order valence-electron chi connectivity index (χ1n) is 6.65. The number of benzene rings is 2. The number of fused-ring (bicyclic) bond motifs is 1. The summed E-state index contributed by atoms with van der Waals surface area (Å²) >= 11 is 0. The molecule has 2 bridgehead atoms. The average molecular weight is 250 g/mol. The van der Waals surface area contributed by atoms with Crippen molar-refractivity contribution < 1.29 is 9.90 Å². The van der Waals surface area contributed by atoms with E-state index in [0.29, 0.717) is 0 Å². The fourth-order valence-electron chi connectivity index (χ4n) is 3.76. The Hall–Kier alpha value is -1.93. The quantitative estimate of drug-likeness (QED) is 0.844. The van der Waals surface area contributed by atoms with Gasteiger partial charge in [0.05, 0.1) is 18.4 Å². The monoisotopic (exact) mass is 250 g/mol. The first-order chi connectivity index (χ1) is 9.33. The van der Waals surface area contributed by atoms with Crippen LogP contribution in [0.15, 0.2) is 48.5 Å². The number of hydrogen-bond donors (Lipinski definition) is 1. The third-order valence-corrected chi connectivity index (χ3v) is 4.53. The molecule has 2 nitrogen and oxygen atoms in total. The molecule has 2 aromatic carbocycles. The molecule has 0 heterocycles. The highest BCUT2D eigenvalue weighted by Gasteiger charge is 2.48. The molecule has 1 atom stereocenters. The Labute approximate surface area is 111 Å². The summed E-state index contributed by atoms with van der Waals surface area (Å²) in [6.45, 7) is -0.0668. The standard InChI is InChI=1S/C17H14O2/c18-9-14-15-10-5-1-3-7-12(10)16(17(14)19)13-8-4-2-6-11(13)15/h1-8,14-16,18H,9H2. The molecule has 1 unspecified atom stereocenters. The van der Waals surface area contributed by atoms with Crippen molar-refractivity contribution in [1.29, 1.82) is 0 Å². The van der Waals surface area contributed by atoms with Crippen LogP contribution in [-0.2, 0) is 4.79 Å². The minimum atomic E-state index is -0.283. The van der Waals surface area contributed by atoms with Gasteiger partial charge in [-0.2, -0.15) is 0 Å². The van der Waals surface area contributed by atoms with E-state index in [1.807, 2.05) is 24.3 Å². The lowest BCUT2D eigenvalue weighted by molar-refractivity contribution is -0.126. The van der Waals surface area contributed by atoms with Crippen molar-refractivity contribution in [2.75, 3.05) is 6.61 Å². The first-order valence-corrected chi connectivity index (χ1v) is 6.65. The summed E-state index contributed by atoms with van der Waals surface area (Å²) in [6, 6.07) is 16.3. The Bertz CT molecular complexity index is 627. The third kappa shape index (κ3) is 1.27. The van der Waals surface area contributed by atoms with Crippen molar-refractivity contribution in [1.82, 2.24) is 0 Å². The highest BCUT2D eigenvalue weighted by Crippen LogP contribution is 2.53. The summed E-state index contributed by atoms with van der Waals surface area (Å²) in [6.07, 6.45) is 0. The number of aliphatic hydroxyl groups excluding tert-OH is 1. The molecule has 0 spiro atoms. The molecule has 5 rings (SSSR count). The smallest absolute Gasteiger partial charge is 0.151 e. The summed E-state index contributed by atoms with van der Waals surface area (Å²) in [5.41, 5.74) is 4.68. The predicted octanol–water partition coefficient (Wildman–Crippen LogP) is 2.46. The minimum absolute atomic E-state index is 0.0231. The van der Waals surface area contributed by atoms with Crippen LogP contribution in [-0.4, -0.2) is 17.5 Å². The number of hydrogen-bond acceptors (Lipinski definition) is 2. The molecule has 3 aliphatic rings. The highest BCUT2D eigenvalue weighted by molar-refractivity contribution is 5.97. The summed E-state index contributed by atoms with van der Waals surface area (Å²) < 4.78 is 0. The van der Waals surface area contributed by atoms with Gasteiger partial charge in [0.25, 0.3) is 0 Å². The van der Waals surface area contributed by atoms with Gasteiger partial charge in [0.2, 0.25) is 0 Å². The fraction of sp³-hybridized carbons (Fsp3) is 0.235. The van der Waals surface area contributed by atoms with E-state index in [9.17, 15) is 9.90 Å². The topological polar surface area (TPSA) is 37.3 Å². The molecule has 94 valence electrons. The van der Waals surface area contributed by atoms with Crippen molar-refractivity contribution in [3.05, 3.63) is 70.8 Å². The van der Waals surface area contributed by atoms with Crippen LogP contribution in [0, 0.1) is 5.92 Å². The maximum absolute atomic E-state index is 12.6. The Morgan fingerprint density at radius 1 is 0.842 bits per heavy atom. The highest BCUT2D eigenvalue weighted by atomic mass is 16.3. The van der Waals surface area contributed by atoms with E-state index < -0.39 is 0 Å². The van der Waals surface area contributed by atoms with E-state index in [0.717, 1.165) is 11.1 Å². The molecule has 0 saturated heterocycles. The van der Waals surface area contributed by atoms with Crippen LogP contribution in [0.3, 0.4) is 0 Å². The Kier molecular flexibility index (Phi) is 2.18. The van der Waals surface area contributed by atoms with E-state index >= 15 is 0 Å². The third-order valence-electron chi connectivity index (χ3n) is 4.53. The lowest BCUT2D eigenvalue weighted by Gasteiger charge is -2.43. The van der Waals surface area contributed by atoms with Gasteiger partial charge >= 0.3 is 0 Å². The van der Waals surface area contributed by atoms with Crippen LogP contribution in [0.2, 0.25) is 0 Å². The molecular weight excluding hydrogens is 236 g/mol. The summed E-state index contributed by atoms with van der Waals surface area (Å²) in [7, 11) is 0. The normalized spacial score (nSPS) is 27.0. The molecule has 0 fully saturated rings. The molecule has 0 amide bonds. The summed E-state index contributed by atoms with van der Waals surface area (Å²) in [5.74, 6) is -0.274. The second kappa shape index (κ2) is 3.78. The summed E-state index contributed by atoms with van der Waals surface area (Å²) in [4.78, 5) is 12.6. The van der Waals surface area contributed by atoms with Gasteiger partial charge in [-0.3, -0.25) is 4.79 Å². The van der Waals surface area contributed by atoms with Gasteiger partial charge in [-0.05, 0) is 22.3 Å². The minimum Gasteiger partial charge on any atom is -0.396 e. The maximum Gasteiger partial charge on any atom is 0.151 e. The van der Waals surface area contributed by atoms with Crippen molar-refractivity contribution in [2.24, 2.45) is 5.92 Å². The number of ketones is 1. The summed E-state index contributed by atoms with van der Waals surface area (Å²) in [5, 5.41) is 9.61. The van der Waals surface area contributed by atoms with E-state index in [1.54, 1.807) is 0 Å². The number of carbonyl (C=O) groups is 1. The van der Waals surface area contributed by atoms with Gasteiger partial charge < -0.3 is 5.11 Å². The van der Waals surface area contributed by atoms with Gasteiger partial charge in [0, 0.05) is 5.92 Å². The van der Waals surface area contributed by atoms with E-state index in [4.69, 9.17) is 0 Å². The largest absolute Gasteiger partial charge is 0.396 e. The fourth-order valence-corrected chi connectivity index (χ4v) is 3.76. The van der Waals surface area contributed by atoms with Gasteiger partial charge in [0.1, 0.15) is 0 Å². The van der Waals surface area contributed by atoms with Crippen LogP contribution < -0.4 is 0 Å². The van der Waals surface area contributed by atoms with Gasteiger partial charge in [-0.1, -0.05) is 48.5 Å². The molecule has 19 heavy (non-hydrogen) atoms. The maximum atomic E-state index is 12.6. The Balaban J connectivity index is 2.06. The molecule has 0 saturated carbocycles. The zero-order valence-corrected chi connectivity index (χ0v) is 10.4. The number of rotatable bonds is 1. The van der Waals surface area contributed by atoms with Crippen molar-refractivity contribution in [2.45, 2.75) is 11.8 Å². The Morgan fingerprint density at radius 3 is 1.79 bits per heavy atom. The molecule has 0 aliphatic heterocycles. The van der Waals surface area contributed by atoms with Gasteiger partial charge in [-0.25, -0.2) is 0 Å². The van der Waals surface area contributed by atoms with E-state index in [-0.39, 0.29) is 30.1 Å². The molecule has 2 aromatic rings. The molecule has 2 heteroatoms. The zero-order valence-electron chi connectivity index (χ0n) is 10.4. The van der Waals surface area contributed by atoms with Gasteiger partial charge in [-0.15, -0.1) is 0 Å². The number of aliphatic hydroxyl groups is 1. The van der Waals surface area contributed by atoms with Gasteiger partial charge in [0.15, 0.2) is 5.78 Å². The molecule has 0 aromatic heterocycles. The predicted molar refractivity (Wildman–Crippen MR) is 72.2 cm³/mol. The van der Waals surface area contributed by atoms with Crippen LogP contribution in [0.4, 0.5) is 0 Å². The lowest BCUT2D eigenvalue weighted by atomic mass is 9.58. The lowest BCUT2D eigenvalue weighted by Crippen LogP contribution is -2.41. The number of carbonyl (C=O) groups excluding carboxylic acids is 1. The second-order valence-electron chi connectivity index (χ2n) is 5.36. The molecule has 1 N–H and O–H groups in total. The van der Waals surface area contributed by atoms with Crippen LogP contribution in [0.5, 0.6) is 0 Å². The van der Waals surface area contributed by atoms with Crippen LogP contribution in [0.25, 0.3) is 0 Å². The van der Waals surface area contributed by atoms with E-state index in [1.165, 1.54) is 11.1 Å². The molecule has 0 radical (unpaired) electrons. The molecule has 3 aliphatic carbocycles. The van der Waals surface area contributed by atoms with Crippen molar-refractivity contribution in [3.8, 4) is 0 Å². The zero-order chi connectivity index (χ0) is 13.0. The van der Waals surface area contributed by atoms with Crippen LogP contribution in [0.1, 0.15) is 34.1 Å². The van der Waals surface area contributed by atoms with E-state index in [2.05, 4.69) is 24.3 Å². The average Bonchev–Trinajstić information content (AvgIpc) is 2.47. The van der Waals surface area contributed by atoms with Crippen LogP contribution >= 0.6 is 0 Å². The number of Topliss-reactive ketones (excluding diaryl/α,β-unsaturated/α-hetero) is 1.